The summed E-state index contributed by atoms with van der Waals surface area (Å²) in [5, 5.41) is 0. The van der Waals surface area contributed by atoms with Crippen molar-refractivity contribution in [2.24, 2.45) is 0 Å². The second-order valence-corrected chi connectivity index (χ2v) is 7.60. The van der Waals surface area contributed by atoms with Gasteiger partial charge >= 0.3 is 0 Å². The average molecular weight is 393 g/mol. The third-order valence-corrected chi connectivity index (χ3v) is 5.41. The first-order valence-corrected chi connectivity index (χ1v) is 10.8. The van der Waals surface area contributed by atoms with Crippen LogP contribution < -0.4 is 4.74 Å². The van der Waals surface area contributed by atoms with Crippen molar-refractivity contribution in [1.29, 1.82) is 0 Å². The van der Waals surface area contributed by atoms with Gasteiger partial charge in [-0.1, -0.05) is 111 Å². The summed E-state index contributed by atoms with van der Waals surface area (Å²) < 4.78 is 5.82. The van der Waals surface area contributed by atoms with Gasteiger partial charge in [-0.25, -0.2) is 0 Å². The van der Waals surface area contributed by atoms with E-state index >= 15 is 0 Å². The maximum absolute atomic E-state index is 5.82. The SMILES string of the molecule is CCCCCOc1ccc(-c2ccc(-c3ccc(-c4ccccc4)cc3)cc2)cc1. The Kier molecular flexibility index (Phi) is 6.61. The molecular formula is C29H28O. The van der Waals surface area contributed by atoms with E-state index in [-0.39, 0.29) is 0 Å². The topological polar surface area (TPSA) is 9.23 Å². The van der Waals surface area contributed by atoms with Crippen LogP contribution in [0.25, 0.3) is 33.4 Å². The maximum atomic E-state index is 5.82. The molecule has 0 unspecified atom stereocenters. The van der Waals surface area contributed by atoms with Gasteiger partial charge in [-0.2, -0.15) is 0 Å². The van der Waals surface area contributed by atoms with Crippen LogP contribution in [0.2, 0.25) is 0 Å². The molecule has 0 fully saturated rings. The van der Waals surface area contributed by atoms with E-state index in [0.717, 1.165) is 18.8 Å². The Morgan fingerprint density at radius 2 is 0.867 bits per heavy atom. The second-order valence-electron chi connectivity index (χ2n) is 7.60. The third-order valence-electron chi connectivity index (χ3n) is 5.41. The molecule has 1 nitrogen and oxygen atoms in total. The fourth-order valence-corrected chi connectivity index (χ4v) is 3.63. The van der Waals surface area contributed by atoms with Crippen molar-refractivity contribution in [3.8, 4) is 39.1 Å². The van der Waals surface area contributed by atoms with E-state index in [2.05, 4.69) is 104 Å². The van der Waals surface area contributed by atoms with E-state index in [1.54, 1.807) is 0 Å². The van der Waals surface area contributed by atoms with Crippen molar-refractivity contribution in [2.45, 2.75) is 26.2 Å². The summed E-state index contributed by atoms with van der Waals surface area (Å²) in [6.07, 6.45) is 3.56. The fourth-order valence-electron chi connectivity index (χ4n) is 3.63. The van der Waals surface area contributed by atoms with Crippen LogP contribution in [0.3, 0.4) is 0 Å². The van der Waals surface area contributed by atoms with Crippen molar-refractivity contribution in [3.63, 3.8) is 0 Å². The first-order valence-electron chi connectivity index (χ1n) is 10.8. The van der Waals surface area contributed by atoms with Gasteiger partial charge in [0, 0.05) is 0 Å². The van der Waals surface area contributed by atoms with Crippen LogP contribution >= 0.6 is 0 Å². The molecule has 4 aromatic carbocycles. The van der Waals surface area contributed by atoms with E-state index in [4.69, 9.17) is 4.74 Å². The summed E-state index contributed by atoms with van der Waals surface area (Å²) in [6, 6.07) is 36.5. The Balaban J connectivity index is 1.42. The molecule has 0 atom stereocenters. The summed E-state index contributed by atoms with van der Waals surface area (Å²) in [5.41, 5.74) is 7.38. The third kappa shape index (κ3) is 4.99. The standard InChI is InChI=1S/C29H28O/c1-2-3-7-22-30-29-20-18-28(19-21-29)27-16-14-26(15-17-27)25-12-10-24(11-13-25)23-8-5-4-6-9-23/h4-6,8-21H,2-3,7,22H2,1H3. The minimum absolute atomic E-state index is 0.797. The first kappa shape index (κ1) is 20.0. The second kappa shape index (κ2) is 9.93. The zero-order chi connectivity index (χ0) is 20.6. The molecule has 0 bridgehead atoms. The number of hydrogen-bond acceptors (Lipinski definition) is 1. The van der Waals surface area contributed by atoms with Gasteiger partial charge in [0.25, 0.3) is 0 Å². The molecule has 150 valence electrons. The van der Waals surface area contributed by atoms with E-state index < -0.39 is 0 Å². The van der Waals surface area contributed by atoms with Gasteiger partial charge in [-0.15, -0.1) is 0 Å². The summed E-state index contributed by atoms with van der Waals surface area (Å²) in [6.45, 7) is 3.00. The smallest absolute Gasteiger partial charge is 0.119 e. The molecule has 0 radical (unpaired) electrons. The lowest BCUT2D eigenvalue weighted by atomic mass is 9.98. The molecule has 0 saturated carbocycles. The first-order chi connectivity index (χ1) is 14.8. The Hall–Kier alpha value is -3.32. The molecule has 0 aromatic heterocycles. The number of rotatable bonds is 8. The van der Waals surface area contributed by atoms with E-state index in [0.29, 0.717) is 0 Å². The van der Waals surface area contributed by atoms with Crippen LogP contribution in [0, 0.1) is 0 Å². The van der Waals surface area contributed by atoms with E-state index in [9.17, 15) is 0 Å². The van der Waals surface area contributed by atoms with Crippen molar-refractivity contribution in [2.75, 3.05) is 6.61 Å². The van der Waals surface area contributed by atoms with Crippen LogP contribution in [-0.2, 0) is 0 Å². The van der Waals surface area contributed by atoms with E-state index in [1.165, 1.54) is 46.2 Å². The van der Waals surface area contributed by atoms with Crippen LogP contribution in [0.5, 0.6) is 5.75 Å². The highest BCUT2D eigenvalue weighted by Crippen LogP contribution is 2.28. The van der Waals surface area contributed by atoms with Crippen LogP contribution in [-0.4, -0.2) is 6.61 Å². The summed E-state index contributed by atoms with van der Waals surface area (Å²) in [5.74, 6) is 0.949. The molecule has 0 aliphatic carbocycles. The molecular weight excluding hydrogens is 364 g/mol. The van der Waals surface area contributed by atoms with Gasteiger partial charge in [0.2, 0.25) is 0 Å². The Morgan fingerprint density at radius 3 is 1.30 bits per heavy atom. The normalized spacial score (nSPS) is 10.7. The van der Waals surface area contributed by atoms with Gasteiger partial charge in [-0.3, -0.25) is 0 Å². The predicted molar refractivity (Wildman–Crippen MR) is 128 cm³/mol. The highest BCUT2D eigenvalue weighted by atomic mass is 16.5. The molecule has 0 heterocycles. The van der Waals surface area contributed by atoms with Gasteiger partial charge in [0.1, 0.15) is 5.75 Å². The average Bonchev–Trinajstić information content (AvgIpc) is 2.83. The maximum Gasteiger partial charge on any atom is 0.119 e. The van der Waals surface area contributed by atoms with Gasteiger partial charge in [0.15, 0.2) is 0 Å². The summed E-state index contributed by atoms with van der Waals surface area (Å²) >= 11 is 0. The lowest BCUT2D eigenvalue weighted by molar-refractivity contribution is 0.306. The van der Waals surface area contributed by atoms with Crippen molar-refractivity contribution in [3.05, 3.63) is 103 Å². The fraction of sp³-hybridized carbons (Fsp3) is 0.172. The minimum Gasteiger partial charge on any atom is -0.494 e. The molecule has 4 aromatic rings. The predicted octanol–water partition coefficient (Wildman–Crippen LogP) is 8.26. The Bertz CT molecular complexity index is 1030. The lowest BCUT2D eigenvalue weighted by Crippen LogP contribution is -1.96. The number of hydrogen-bond donors (Lipinski definition) is 0. The summed E-state index contributed by atoms with van der Waals surface area (Å²) in [4.78, 5) is 0. The molecule has 30 heavy (non-hydrogen) atoms. The minimum atomic E-state index is 0.797. The van der Waals surface area contributed by atoms with Crippen molar-refractivity contribution < 1.29 is 4.74 Å². The molecule has 0 spiro atoms. The zero-order valence-corrected chi connectivity index (χ0v) is 17.6. The highest BCUT2D eigenvalue weighted by molar-refractivity contribution is 5.73. The quantitative estimate of drug-likeness (QED) is 0.274. The Labute approximate surface area is 180 Å². The van der Waals surface area contributed by atoms with Gasteiger partial charge in [-0.05, 0) is 51.9 Å². The molecule has 0 N–H and O–H groups in total. The van der Waals surface area contributed by atoms with Gasteiger partial charge < -0.3 is 4.74 Å². The monoisotopic (exact) mass is 392 g/mol. The Morgan fingerprint density at radius 1 is 0.467 bits per heavy atom. The number of ether oxygens (including phenoxy) is 1. The van der Waals surface area contributed by atoms with Crippen LogP contribution in [0.15, 0.2) is 103 Å². The van der Waals surface area contributed by atoms with Crippen molar-refractivity contribution >= 4 is 0 Å². The molecule has 0 aliphatic rings. The molecule has 1 heteroatoms. The molecule has 4 rings (SSSR count). The molecule has 0 saturated heterocycles. The lowest BCUT2D eigenvalue weighted by Gasteiger charge is -2.09. The summed E-state index contributed by atoms with van der Waals surface area (Å²) in [7, 11) is 0. The van der Waals surface area contributed by atoms with Crippen molar-refractivity contribution in [1.82, 2.24) is 0 Å². The highest BCUT2D eigenvalue weighted by Gasteiger charge is 2.03. The number of unbranched alkanes of at least 4 members (excludes halogenated alkanes) is 2. The van der Waals surface area contributed by atoms with Crippen LogP contribution in [0.4, 0.5) is 0 Å². The number of benzene rings is 4. The van der Waals surface area contributed by atoms with Gasteiger partial charge in [0.05, 0.1) is 6.61 Å². The largest absolute Gasteiger partial charge is 0.494 e. The zero-order valence-electron chi connectivity index (χ0n) is 17.6. The molecule has 0 aliphatic heterocycles. The molecule has 0 amide bonds. The van der Waals surface area contributed by atoms with E-state index in [1.807, 2.05) is 6.07 Å². The van der Waals surface area contributed by atoms with Crippen LogP contribution in [0.1, 0.15) is 26.2 Å².